The molecule has 26 heavy (non-hydrogen) atoms. The summed E-state index contributed by atoms with van der Waals surface area (Å²) in [5.74, 6) is 0.449. The molecule has 0 unspecified atom stereocenters. The van der Waals surface area contributed by atoms with Crippen molar-refractivity contribution < 1.29 is 4.79 Å². The summed E-state index contributed by atoms with van der Waals surface area (Å²) < 4.78 is 1.23. The minimum Gasteiger partial charge on any atom is -0.352 e. The molecule has 1 fully saturated rings. The maximum atomic E-state index is 12.2. The fraction of sp³-hybridized carbons (Fsp3) is 0.300. The van der Waals surface area contributed by atoms with E-state index in [1.165, 1.54) is 4.70 Å². The number of aromatic nitrogens is 1. The number of thiazole rings is 1. The maximum absolute atomic E-state index is 12.2. The highest BCUT2D eigenvalue weighted by Crippen LogP contribution is 2.31. The van der Waals surface area contributed by atoms with Crippen LogP contribution in [0.5, 0.6) is 0 Å². The maximum Gasteiger partial charge on any atom is 0.251 e. The molecule has 0 bridgehead atoms. The smallest absolute Gasteiger partial charge is 0.251 e. The van der Waals surface area contributed by atoms with Gasteiger partial charge in [-0.2, -0.15) is 0 Å². The first-order valence-corrected chi connectivity index (χ1v) is 10.0. The van der Waals surface area contributed by atoms with Crippen LogP contribution in [0, 0.1) is 5.92 Å². The monoisotopic (exact) mass is 385 g/mol. The molecule has 3 aromatic rings. The molecule has 4 nitrogen and oxygen atoms in total. The molecule has 0 spiro atoms. The summed E-state index contributed by atoms with van der Waals surface area (Å²) in [5, 5.41) is 4.73. The molecule has 0 atom stereocenters. The first-order chi connectivity index (χ1) is 12.7. The predicted molar refractivity (Wildman–Crippen MR) is 108 cm³/mol. The van der Waals surface area contributed by atoms with Crippen LogP contribution in [0.15, 0.2) is 48.5 Å². The minimum absolute atomic E-state index is 0.0545. The number of hydrogen-bond acceptors (Lipinski definition) is 4. The van der Waals surface area contributed by atoms with Crippen molar-refractivity contribution in [3.05, 3.63) is 59.1 Å². The lowest BCUT2D eigenvalue weighted by Crippen LogP contribution is -2.38. The Bertz CT molecular complexity index is 885. The summed E-state index contributed by atoms with van der Waals surface area (Å²) in [6, 6.07) is 15.3. The van der Waals surface area contributed by atoms with Crippen molar-refractivity contribution in [1.82, 2.24) is 10.3 Å². The first kappa shape index (κ1) is 17.3. The molecule has 1 saturated heterocycles. The summed E-state index contributed by atoms with van der Waals surface area (Å²) in [6.07, 6.45) is 2.12. The summed E-state index contributed by atoms with van der Waals surface area (Å²) in [7, 11) is 0. The van der Waals surface area contributed by atoms with Crippen LogP contribution in [0.2, 0.25) is 5.02 Å². The van der Waals surface area contributed by atoms with E-state index in [1.807, 2.05) is 6.07 Å². The quantitative estimate of drug-likeness (QED) is 0.714. The van der Waals surface area contributed by atoms with Crippen molar-refractivity contribution in [2.45, 2.75) is 12.8 Å². The highest BCUT2D eigenvalue weighted by molar-refractivity contribution is 7.22. The van der Waals surface area contributed by atoms with Crippen LogP contribution in [-0.4, -0.2) is 30.5 Å². The Kier molecular flexibility index (Phi) is 5.09. The highest BCUT2D eigenvalue weighted by Gasteiger charge is 2.22. The van der Waals surface area contributed by atoms with Gasteiger partial charge < -0.3 is 10.2 Å². The van der Waals surface area contributed by atoms with Crippen LogP contribution in [0.1, 0.15) is 23.2 Å². The topological polar surface area (TPSA) is 45.2 Å². The van der Waals surface area contributed by atoms with Gasteiger partial charge in [0.05, 0.1) is 10.2 Å². The van der Waals surface area contributed by atoms with Crippen molar-refractivity contribution >= 4 is 44.2 Å². The van der Waals surface area contributed by atoms with Gasteiger partial charge >= 0.3 is 0 Å². The number of nitrogens with zero attached hydrogens (tertiary/aromatic N) is 2. The lowest BCUT2D eigenvalue weighted by atomic mass is 9.97. The number of hydrogen-bond donors (Lipinski definition) is 1. The number of nitrogens with one attached hydrogen (secondary N) is 1. The Morgan fingerprint density at radius 1 is 1.19 bits per heavy atom. The number of piperidine rings is 1. The van der Waals surface area contributed by atoms with E-state index in [2.05, 4.69) is 28.4 Å². The van der Waals surface area contributed by atoms with Crippen molar-refractivity contribution in [1.29, 1.82) is 0 Å². The first-order valence-electron chi connectivity index (χ1n) is 8.83. The van der Waals surface area contributed by atoms with Crippen molar-refractivity contribution in [3.8, 4) is 0 Å². The third kappa shape index (κ3) is 3.84. The molecule has 1 aliphatic heterocycles. The molecule has 4 rings (SSSR count). The van der Waals surface area contributed by atoms with Crippen LogP contribution >= 0.6 is 22.9 Å². The van der Waals surface area contributed by atoms with Gasteiger partial charge in [-0.3, -0.25) is 4.79 Å². The van der Waals surface area contributed by atoms with Crippen LogP contribution in [0.25, 0.3) is 10.2 Å². The van der Waals surface area contributed by atoms with Gasteiger partial charge in [0.1, 0.15) is 0 Å². The molecule has 0 radical (unpaired) electrons. The number of para-hydroxylation sites is 1. The standard InChI is InChI=1S/C20H20ClN3OS/c21-16-5-3-4-15(12-16)19(25)22-13-14-8-10-24(11-9-14)20-23-17-6-1-2-7-18(17)26-20/h1-7,12,14H,8-11,13H2,(H,22,25). The second-order valence-electron chi connectivity index (χ2n) is 6.61. The zero-order valence-corrected chi connectivity index (χ0v) is 15.9. The van der Waals surface area contributed by atoms with Crippen LogP contribution in [0.3, 0.4) is 0 Å². The van der Waals surface area contributed by atoms with E-state index in [1.54, 1.807) is 35.6 Å². The minimum atomic E-state index is -0.0545. The molecule has 6 heteroatoms. The largest absolute Gasteiger partial charge is 0.352 e. The second kappa shape index (κ2) is 7.64. The van der Waals surface area contributed by atoms with Gasteiger partial charge in [-0.25, -0.2) is 4.98 Å². The van der Waals surface area contributed by atoms with Gasteiger partial charge in [0.2, 0.25) is 0 Å². The molecule has 134 valence electrons. The zero-order valence-electron chi connectivity index (χ0n) is 14.3. The number of rotatable bonds is 4. The molecule has 2 aromatic carbocycles. The number of carbonyl (C=O) groups is 1. The van der Waals surface area contributed by atoms with Gasteiger partial charge in [-0.1, -0.05) is 41.1 Å². The van der Waals surface area contributed by atoms with Crippen LogP contribution in [0.4, 0.5) is 5.13 Å². The van der Waals surface area contributed by atoms with Crippen molar-refractivity contribution in [2.24, 2.45) is 5.92 Å². The average Bonchev–Trinajstić information content (AvgIpc) is 3.11. The fourth-order valence-electron chi connectivity index (χ4n) is 3.29. The highest BCUT2D eigenvalue weighted by atomic mass is 35.5. The molecule has 2 heterocycles. The summed E-state index contributed by atoms with van der Waals surface area (Å²) in [4.78, 5) is 19.3. The zero-order chi connectivity index (χ0) is 17.9. The van der Waals surface area contributed by atoms with Crippen LogP contribution < -0.4 is 10.2 Å². The summed E-state index contributed by atoms with van der Waals surface area (Å²) >= 11 is 7.71. The van der Waals surface area contributed by atoms with Crippen molar-refractivity contribution in [2.75, 3.05) is 24.5 Å². The lowest BCUT2D eigenvalue weighted by molar-refractivity contribution is 0.0945. The van der Waals surface area contributed by atoms with Crippen LogP contribution in [-0.2, 0) is 0 Å². The molecule has 1 amide bonds. The van der Waals surface area contributed by atoms with E-state index in [0.29, 0.717) is 23.0 Å². The number of benzene rings is 2. The Morgan fingerprint density at radius 3 is 2.77 bits per heavy atom. The third-order valence-electron chi connectivity index (χ3n) is 4.81. The van der Waals surface area contributed by atoms with E-state index in [-0.39, 0.29) is 5.91 Å². The predicted octanol–water partition coefficient (Wildman–Crippen LogP) is 4.60. The lowest BCUT2D eigenvalue weighted by Gasteiger charge is -2.31. The molecular weight excluding hydrogens is 366 g/mol. The van der Waals surface area contributed by atoms with E-state index in [4.69, 9.17) is 16.6 Å². The van der Waals surface area contributed by atoms with Gasteiger partial charge in [-0.15, -0.1) is 0 Å². The molecule has 1 N–H and O–H groups in total. The van der Waals surface area contributed by atoms with Gasteiger partial charge in [-0.05, 0) is 49.1 Å². The van der Waals surface area contributed by atoms with E-state index in [0.717, 1.165) is 36.6 Å². The Labute approximate surface area is 161 Å². The number of amides is 1. The van der Waals surface area contributed by atoms with Gasteiger partial charge in [0, 0.05) is 30.2 Å². The molecule has 0 aliphatic carbocycles. The molecule has 0 saturated carbocycles. The summed E-state index contributed by atoms with van der Waals surface area (Å²) in [5.41, 5.74) is 1.69. The van der Waals surface area contributed by atoms with E-state index in [9.17, 15) is 4.79 Å². The van der Waals surface area contributed by atoms with Gasteiger partial charge in [0.25, 0.3) is 5.91 Å². The van der Waals surface area contributed by atoms with Crippen molar-refractivity contribution in [3.63, 3.8) is 0 Å². The average molecular weight is 386 g/mol. The number of anilines is 1. The Balaban J connectivity index is 1.30. The Hall–Kier alpha value is -2.11. The normalized spacial score (nSPS) is 15.3. The number of carbonyl (C=O) groups excluding carboxylic acids is 1. The Morgan fingerprint density at radius 2 is 2.00 bits per heavy atom. The van der Waals surface area contributed by atoms with E-state index >= 15 is 0 Å². The fourth-order valence-corrected chi connectivity index (χ4v) is 4.50. The number of halogens is 1. The van der Waals surface area contributed by atoms with E-state index < -0.39 is 0 Å². The SMILES string of the molecule is O=C(NCC1CCN(c2nc3ccccc3s2)CC1)c1cccc(Cl)c1. The van der Waals surface area contributed by atoms with Gasteiger partial charge in [0.15, 0.2) is 5.13 Å². The molecular formula is C20H20ClN3OS. The third-order valence-corrected chi connectivity index (χ3v) is 6.14. The molecule has 1 aliphatic rings. The second-order valence-corrected chi connectivity index (χ2v) is 8.06. The number of fused-ring (bicyclic) bond motifs is 1. The molecule has 1 aromatic heterocycles. The summed E-state index contributed by atoms with van der Waals surface area (Å²) in [6.45, 7) is 2.67.